The summed E-state index contributed by atoms with van der Waals surface area (Å²) in [5.74, 6) is -0.220. The molecule has 0 bridgehead atoms. The van der Waals surface area contributed by atoms with Crippen LogP contribution in [0.3, 0.4) is 0 Å². The van der Waals surface area contributed by atoms with Crippen molar-refractivity contribution in [2.45, 2.75) is 49.4 Å². The van der Waals surface area contributed by atoms with Crippen molar-refractivity contribution in [3.05, 3.63) is 17.5 Å². The number of nitrogens with one attached hydrogen (secondary N) is 1. The zero-order valence-corrected chi connectivity index (χ0v) is 16.7. The number of carbonyl (C=O) groups is 2. The highest BCUT2D eigenvalue weighted by molar-refractivity contribution is 7.91. The van der Waals surface area contributed by atoms with E-state index in [4.69, 9.17) is 0 Å². The minimum atomic E-state index is -3.48. The second kappa shape index (κ2) is 7.66. The molecule has 0 spiro atoms. The summed E-state index contributed by atoms with van der Waals surface area (Å²) in [5.41, 5.74) is 0. The van der Waals surface area contributed by atoms with Crippen molar-refractivity contribution in [3.63, 3.8) is 0 Å². The predicted octanol–water partition coefficient (Wildman–Crippen LogP) is 1.27. The quantitative estimate of drug-likeness (QED) is 0.808. The normalized spacial score (nSPS) is 22.4. The van der Waals surface area contributed by atoms with Gasteiger partial charge in [-0.25, -0.2) is 13.1 Å². The Hall–Kier alpha value is -1.45. The fraction of sp³-hybridized carbons (Fsp3) is 0.647. The first-order valence-corrected chi connectivity index (χ1v) is 11.3. The van der Waals surface area contributed by atoms with E-state index in [-0.39, 0.29) is 36.2 Å². The first-order chi connectivity index (χ1) is 12.3. The maximum absolute atomic E-state index is 12.7. The van der Waals surface area contributed by atoms with E-state index in [1.54, 1.807) is 27.3 Å². The molecule has 2 amide bonds. The lowest BCUT2D eigenvalue weighted by atomic mass is 10.0. The van der Waals surface area contributed by atoms with Crippen LogP contribution in [-0.2, 0) is 19.6 Å². The number of rotatable bonds is 5. The van der Waals surface area contributed by atoms with Crippen molar-refractivity contribution in [1.82, 2.24) is 14.5 Å². The summed E-state index contributed by atoms with van der Waals surface area (Å²) in [4.78, 5) is 28.2. The Morgan fingerprint density at radius 3 is 2.54 bits per heavy atom. The summed E-state index contributed by atoms with van der Waals surface area (Å²) < 4.78 is 27.6. The standard InChI is InChI=1S/C17H25N3O4S2/c1-12(2)20-11-13(10-15(20)21)17(22)19-7-5-14(6-8-19)18-26(23,24)16-4-3-9-25-16/h3-4,9,12-14,18H,5-8,10-11H2,1-2H3. The van der Waals surface area contributed by atoms with Crippen LogP contribution in [-0.4, -0.2) is 61.7 Å². The van der Waals surface area contributed by atoms with Crippen LogP contribution in [0.4, 0.5) is 0 Å². The third kappa shape index (κ3) is 4.10. The third-order valence-corrected chi connectivity index (χ3v) is 7.94. The Morgan fingerprint density at radius 2 is 2.00 bits per heavy atom. The van der Waals surface area contributed by atoms with Gasteiger partial charge in [0.15, 0.2) is 0 Å². The number of thiophene rings is 1. The van der Waals surface area contributed by atoms with Gasteiger partial charge in [0.2, 0.25) is 21.8 Å². The molecule has 2 fully saturated rings. The molecule has 1 atom stereocenters. The Kier molecular flexibility index (Phi) is 5.69. The summed E-state index contributed by atoms with van der Waals surface area (Å²) in [7, 11) is -3.48. The summed E-state index contributed by atoms with van der Waals surface area (Å²) in [6.07, 6.45) is 1.46. The van der Waals surface area contributed by atoms with Crippen LogP contribution >= 0.6 is 11.3 Å². The van der Waals surface area contributed by atoms with Gasteiger partial charge < -0.3 is 9.80 Å². The molecule has 0 saturated carbocycles. The largest absolute Gasteiger partial charge is 0.342 e. The lowest BCUT2D eigenvalue weighted by Crippen LogP contribution is -2.48. The van der Waals surface area contributed by atoms with Crippen molar-refractivity contribution >= 4 is 33.2 Å². The Morgan fingerprint density at radius 1 is 1.31 bits per heavy atom. The minimum absolute atomic E-state index is 0.0149. The van der Waals surface area contributed by atoms with E-state index in [9.17, 15) is 18.0 Å². The number of carbonyl (C=O) groups excluding carboxylic acids is 2. The summed E-state index contributed by atoms with van der Waals surface area (Å²) in [6, 6.07) is 3.24. The van der Waals surface area contributed by atoms with Gasteiger partial charge in [-0.3, -0.25) is 9.59 Å². The summed E-state index contributed by atoms with van der Waals surface area (Å²) in [5, 5.41) is 1.74. The van der Waals surface area contributed by atoms with Gasteiger partial charge in [0.25, 0.3) is 0 Å². The minimum Gasteiger partial charge on any atom is -0.342 e. The van der Waals surface area contributed by atoms with E-state index in [1.807, 2.05) is 13.8 Å². The highest BCUT2D eigenvalue weighted by Crippen LogP contribution is 2.24. The van der Waals surface area contributed by atoms with E-state index < -0.39 is 10.0 Å². The van der Waals surface area contributed by atoms with Gasteiger partial charge >= 0.3 is 0 Å². The molecule has 2 aliphatic heterocycles. The average molecular weight is 400 g/mol. The van der Waals surface area contributed by atoms with Crippen molar-refractivity contribution < 1.29 is 18.0 Å². The van der Waals surface area contributed by atoms with Crippen LogP contribution in [0.15, 0.2) is 21.7 Å². The molecule has 1 aromatic rings. The monoisotopic (exact) mass is 399 g/mol. The number of nitrogens with zero attached hydrogens (tertiary/aromatic N) is 2. The molecule has 2 saturated heterocycles. The molecule has 1 unspecified atom stereocenters. The molecule has 1 N–H and O–H groups in total. The highest BCUT2D eigenvalue weighted by Gasteiger charge is 2.38. The van der Waals surface area contributed by atoms with Crippen LogP contribution < -0.4 is 4.72 Å². The SMILES string of the molecule is CC(C)N1CC(C(=O)N2CCC(NS(=O)(=O)c3cccs3)CC2)CC1=O. The third-order valence-electron chi connectivity index (χ3n) is 5.02. The number of hydrogen-bond acceptors (Lipinski definition) is 5. The van der Waals surface area contributed by atoms with Gasteiger partial charge in [-0.15, -0.1) is 11.3 Å². The van der Waals surface area contributed by atoms with Crippen molar-refractivity contribution in [2.75, 3.05) is 19.6 Å². The molecule has 1 aromatic heterocycles. The second-order valence-electron chi connectivity index (χ2n) is 7.19. The first-order valence-electron chi connectivity index (χ1n) is 8.92. The van der Waals surface area contributed by atoms with Gasteiger partial charge in [0, 0.05) is 38.1 Å². The van der Waals surface area contributed by atoms with Gasteiger partial charge in [0.1, 0.15) is 4.21 Å². The predicted molar refractivity (Wildman–Crippen MR) is 99.2 cm³/mol. The molecule has 9 heteroatoms. The van der Waals surface area contributed by atoms with Crippen LogP contribution in [0.1, 0.15) is 33.1 Å². The smallest absolute Gasteiger partial charge is 0.250 e. The van der Waals surface area contributed by atoms with Crippen LogP contribution in [0.25, 0.3) is 0 Å². The molecule has 0 aromatic carbocycles. The lowest BCUT2D eigenvalue weighted by Gasteiger charge is -2.33. The van der Waals surface area contributed by atoms with E-state index in [1.165, 1.54) is 11.3 Å². The Labute approximate surface area is 158 Å². The molecular weight excluding hydrogens is 374 g/mol. The fourth-order valence-electron chi connectivity index (χ4n) is 3.57. The topological polar surface area (TPSA) is 86.8 Å². The summed E-state index contributed by atoms with van der Waals surface area (Å²) >= 11 is 1.19. The van der Waals surface area contributed by atoms with Gasteiger partial charge in [-0.2, -0.15) is 0 Å². The second-order valence-corrected chi connectivity index (χ2v) is 10.1. The van der Waals surface area contributed by atoms with E-state index >= 15 is 0 Å². The number of sulfonamides is 1. The zero-order valence-electron chi connectivity index (χ0n) is 15.1. The fourth-order valence-corrected chi connectivity index (χ4v) is 5.88. The number of hydrogen-bond donors (Lipinski definition) is 1. The molecule has 0 aliphatic carbocycles. The van der Waals surface area contributed by atoms with Crippen LogP contribution in [0.2, 0.25) is 0 Å². The number of likely N-dealkylation sites (tertiary alicyclic amines) is 2. The van der Waals surface area contributed by atoms with Crippen molar-refractivity contribution in [2.24, 2.45) is 5.92 Å². The first kappa shape index (κ1) is 19.3. The maximum atomic E-state index is 12.7. The van der Waals surface area contributed by atoms with E-state index in [0.29, 0.717) is 36.7 Å². The maximum Gasteiger partial charge on any atom is 0.250 e. The number of amides is 2. The van der Waals surface area contributed by atoms with Crippen molar-refractivity contribution in [3.8, 4) is 0 Å². The van der Waals surface area contributed by atoms with E-state index in [0.717, 1.165) is 0 Å². The van der Waals surface area contributed by atoms with Gasteiger partial charge in [-0.1, -0.05) is 6.07 Å². The molecular formula is C17H25N3O4S2. The lowest BCUT2D eigenvalue weighted by molar-refractivity contribution is -0.136. The van der Waals surface area contributed by atoms with E-state index in [2.05, 4.69) is 4.72 Å². The highest BCUT2D eigenvalue weighted by atomic mass is 32.2. The molecule has 7 nitrogen and oxygen atoms in total. The van der Waals surface area contributed by atoms with Crippen molar-refractivity contribution in [1.29, 1.82) is 0 Å². The summed E-state index contributed by atoms with van der Waals surface area (Å²) in [6.45, 7) is 5.43. The Balaban J connectivity index is 1.52. The van der Waals surface area contributed by atoms with Gasteiger partial charge in [-0.05, 0) is 38.1 Å². The molecule has 26 heavy (non-hydrogen) atoms. The Bertz CT molecular complexity index is 753. The molecule has 3 rings (SSSR count). The molecule has 144 valence electrons. The number of piperidine rings is 1. The molecule has 0 radical (unpaired) electrons. The average Bonchev–Trinajstić information content (AvgIpc) is 3.24. The van der Waals surface area contributed by atoms with Gasteiger partial charge in [0.05, 0.1) is 5.92 Å². The zero-order chi connectivity index (χ0) is 18.9. The van der Waals surface area contributed by atoms with Crippen LogP contribution in [0.5, 0.6) is 0 Å². The molecule has 3 heterocycles. The molecule has 2 aliphatic rings. The van der Waals surface area contributed by atoms with Crippen LogP contribution in [0, 0.1) is 5.92 Å².